The lowest BCUT2D eigenvalue weighted by molar-refractivity contribution is 0.0949. The van der Waals surface area contributed by atoms with Crippen molar-refractivity contribution in [1.82, 2.24) is 10.3 Å². The van der Waals surface area contributed by atoms with Crippen molar-refractivity contribution in [2.75, 3.05) is 11.9 Å². The lowest BCUT2D eigenvalue weighted by Gasteiger charge is -2.10. The Morgan fingerprint density at radius 1 is 0.963 bits per heavy atom. The van der Waals surface area contributed by atoms with Crippen LogP contribution >= 0.6 is 0 Å². The van der Waals surface area contributed by atoms with Gasteiger partial charge in [-0.1, -0.05) is 30.3 Å². The predicted octanol–water partition coefficient (Wildman–Crippen LogP) is 4.22. The van der Waals surface area contributed by atoms with Crippen molar-refractivity contribution in [3.05, 3.63) is 89.5 Å². The molecule has 0 aliphatic heterocycles. The SMILES string of the molecule is O=C(NCCc1ccccc1)c1cc(Nc2ccc(F)c(F)c2F)ccn1. The quantitative estimate of drug-likeness (QED) is 0.638. The molecular weight excluding hydrogens is 355 g/mol. The van der Waals surface area contributed by atoms with E-state index >= 15 is 0 Å². The highest BCUT2D eigenvalue weighted by Crippen LogP contribution is 2.23. The van der Waals surface area contributed by atoms with E-state index in [9.17, 15) is 18.0 Å². The Morgan fingerprint density at radius 2 is 1.74 bits per heavy atom. The summed E-state index contributed by atoms with van der Waals surface area (Å²) in [7, 11) is 0. The van der Waals surface area contributed by atoms with E-state index in [0.717, 1.165) is 17.7 Å². The van der Waals surface area contributed by atoms with Gasteiger partial charge in [0.25, 0.3) is 5.91 Å². The van der Waals surface area contributed by atoms with Crippen LogP contribution in [-0.4, -0.2) is 17.4 Å². The van der Waals surface area contributed by atoms with Crippen LogP contribution < -0.4 is 10.6 Å². The van der Waals surface area contributed by atoms with E-state index in [2.05, 4.69) is 15.6 Å². The summed E-state index contributed by atoms with van der Waals surface area (Å²) in [5.41, 5.74) is 1.30. The van der Waals surface area contributed by atoms with Crippen molar-refractivity contribution in [2.24, 2.45) is 0 Å². The molecule has 0 saturated heterocycles. The lowest BCUT2D eigenvalue weighted by Crippen LogP contribution is -2.26. The standard InChI is InChI=1S/C20H16F3N3O/c21-15-6-7-16(19(23)18(15)22)26-14-9-11-24-17(12-14)20(27)25-10-8-13-4-2-1-3-5-13/h1-7,9,11-12H,8,10H2,(H,24,26)(H,25,27). The molecule has 2 N–H and O–H groups in total. The number of benzene rings is 2. The van der Waals surface area contributed by atoms with Crippen molar-refractivity contribution in [1.29, 1.82) is 0 Å². The molecule has 0 spiro atoms. The van der Waals surface area contributed by atoms with Crippen molar-refractivity contribution in [3.8, 4) is 0 Å². The maximum Gasteiger partial charge on any atom is 0.269 e. The molecule has 0 saturated carbocycles. The number of aromatic nitrogens is 1. The number of carbonyl (C=O) groups excluding carboxylic acids is 1. The zero-order valence-electron chi connectivity index (χ0n) is 14.2. The largest absolute Gasteiger partial charge is 0.353 e. The fourth-order valence-corrected chi connectivity index (χ4v) is 2.47. The van der Waals surface area contributed by atoms with Crippen molar-refractivity contribution in [3.63, 3.8) is 0 Å². The maximum absolute atomic E-state index is 13.8. The Hall–Kier alpha value is -3.35. The number of nitrogens with zero attached hydrogens (tertiary/aromatic N) is 1. The molecule has 0 atom stereocenters. The Labute approximate surface area is 154 Å². The first-order valence-electron chi connectivity index (χ1n) is 8.23. The van der Waals surface area contributed by atoms with Gasteiger partial charge in [-0.25, -0.2) is 13.2 Å². The highest BCUT2D eigenvalue weighted by atomic mass is 19.2. The molecule has 27 heavy (non-hydrogen) atoms. The summed E-state index contributed by atoms with van der Waals surface area (Å²) in [4.78, 5) is 16.2. The van der Waals surface area contributed by atoms with Crippen LogP contribution in [0.25, 0.3) is 0 Å². The molecule has 4 nitrogen and oxygen atoms in total. The minimum atomic E-state index is -1.56. The lowest BCUT2D eigenvalue weighted by atomic mass is 10.1. The van der Waals surface area contributed by atoms with Crippen LogP contribution in [0.15, 0.2) is 60.8 Å². The molecular formula is C20H16F3N3O. The van der Waals surface area contributed by atoms with E-state index < -0.39 is 17.5 Å². The van der Waals surface area contributed by atoms with Crippen LogP contribution in [-0.2, 0) is 6.42 Å². The number of pyridine rings is 1. The third-order valence-electron chi connectivity index (χ3n) is 3.85. The summed E-state index contributed by atoms with van der Waals surface area (Å²) in [5, 5.41) is 5.37. The Bertz CT molecular complexity index is 948. The minimum absolute atomic E-state index is 0.121. The summed E-state index contributed by atoms with van der Waals surface area (Å²) < 4.78 is 40.1. The summed E-state index contributed by atoms with van der Waals surface area (Å²) >= 11 is 0. The molecule has 0 fully saturated rings. The topological polar surface area (TPSA) is 54.0 Å². The fourth-order valence-electron chi connectivity index (χ4n) is 2.47. The van der Waals surface area contributed by atoms with Gasteiger partial charge >= 0.3 is 0 Å². The minimum Gasteiger partial charge on any atom is -0.353 e. The van der Waals surface area contributed by atoms with Gasteiger partial charge in [0.1, 0.15) is 5.69 Å². The number of anilines is 2. The molecule has 0 radical (unpaired) electrons. The number of halogens is 3. The first-order chi connectivity index (χ1) is 13.0. The molecule has 0 aliphatic carbocycles. The van der Waals surface area contributed by atoms with Gasteiger partial charge < -0.3 is 10.6 Å². The number of rotatable bonds is 6. The molecule has 0 aliphatic rings. The maximum atomic E-state index is 13.8. The van der Waals surface area contributed by atoms with Crippen LogP contribution in [0.3, 0.4) is 0 Å². The number of carbonyl (C=O) groups is 1. The van der Waals surface area contributed by atoms with Crippen LogP contribution in [0.4, 0.5) is 24.5 Å². The van der Waals surface area contributed by atoms with E-state index in [-0.39, 0.29) is 17.3 Å². The van der Waals surface area contributed by atoms with Gasteiger partial charge in [0.15, 0.2) is 17.5 Å². The third kappa shape index (κ3) is 4.63. The van der Waals surface area contributed by atoms with E-state index in [1.807, 2.05) is 30.3 Å². The summed E-state index contributed by atoms with van der Waals surface area (Å²) in [6, 6.07) is 14.5. The third-order valence-corrected chi connectivity index (χ3v) is 3.85. The number of nitrogens with one attached hydrogen (secondary N) is 2. The summed E-state index contributed by atoms with van der Waals surface area (Å²) in [6.07, 6.45) is 2.04. The molecule has 138 valence electrons. The Morgan fingerprint density at radius 3 is 2.52 bits per heavy atom. The number of hydrogen-bond donors (Lipinski definition) is 2. The average Bonchev–Trinajstić information content (AvgIpc) is 2.69. The second-order valence-electron chi connectivity index (χ2n) is 5.77. The van der Waals surface area contributed by atoms with Crippen LogP contribution in [0.5, 0.6) is 0 Å². The van der Waals surface area contributed by atoms with E-state index in [0.29, 0.717) is 18.7 Å². The van der Waals surface area contributed by atoms with Gasteiger partial charge in [0.05, 0.1) is 5.69 Å². The Balaban J connectivity index is 1.64. The van der Waals surface area contributed by atoms with Gasteiger partial charge in [-0.15, -0.1) is 0 Å². The van der Waals surface area contributed by atoms with Gasteiger partial charge in [0.2, 0.25) is 0 Å². The molecule has 7 heteroatoms. The highest BCUT2D eigenvalue weighted by Gasteiger charge is 2.14. The van der Waals surface area contributed by atoms with Crippen LogP contribution in [0, 0.1) is 17.5 Å². The second-order valence-corrected chi connectivity index (χ2v) is 5.77. The smallest absolute Gasteiger partial charge is 0.269 e. The number of hydrogen-bond acceptors (Lipinski definition) is 3. The van der Waals surface area contributed by atoms with Gasteiger partial charge in [-0.05, 0) is 36.2 Å². The highest BCUT2D eigenvalue weighted by molar-refractivity contribution is 5.93. The van der Waals surface area contributed by atoms with Crippen LogP contribution in [0.2, 0.25) is 0 Å². The van der Waals surface area contributed by atoms with E-state index in [1.54, 1.807) is 0 Å². The first kappa shape index (κ1) is 18.4. The molecule has 3 aromatic rings. The average molecular weight is 371 g/mol. The summed E-state index contributed by atoms with van der Waals surface area (Å²) in [5.74, 6) is -4.56. The molecule has 0 unspecified atom stereocenters. The monoisotopic (exact) mass is 371 g/mol. The summed E-state index contributed by atoms with van der Waals surface area (Å²) in [6.45, 7) is 0.431. The van der Waals surface area contributed by atoms with Gasteiger partial charge in [-0.2, -0.15) is 0 Å². The zero-order valence-corrected chi connectivity index (χ0v) is 14.2. The fraction of sp³-hybridized carbons (Fsp3) is 0.100. The van der Waals surface area contributed by atoms with Crippen molar-refractivity contribution in [2.45, 2.75) is 6.42 Å². The normalized spacial score (nSPS) is 10.5. The molecule has 0 bridgehead atoms. The Kier molecular flexibility index (Phi) is 5.71. The molecule has 1 amide bonds. The predicted molar refractivity (Wildman–Crippen MR) is 96.3 cm³/mol. The second kappa shape index (κ2) is 8.35. The van der Waals surface area contributed by atoms with Crippen molar-refractivity contribution < 1.29 is 18.0 Å². The number of amides is 1. The van der Waals surface area contributed by atoms with Gasteiger partial charge in [0, 0.05) is 18.4 Å². The molecule has 1 aromatic heterocycles. The van der Waals surface area contributed by atoms with E-state index in [4.69, 9.17) is 0 Å². The van der Waals surface area contributed by atoms with Gasteiger partial charge in [-0.3, -0.25) is 9.78 Å². The molecule has 1 heterocycles. The van der Waals surface area contributed by atoms with Crippen molar-refractivity contribution >= 4 is 17.3 Å². The zero-order chi connectivity index (χ0) is 19.2. The van der Waals surface area contributed by atoms with Crippen LogP contribution in [0.1, 0.15) is 16.1 Å². The molecule has 3 rings (SSSR count). The first-order valence-corrected chi connectivity index (χ1v) is 8.23. The molecule has 2 aromatic carbocycles. The van der Waals surface area contributed by atoms with E-state index in [1.165, 1.54) is 18.3 Å².